The molecule has 0 aliphatic rings. The average Bonchev–Trinajstić information content (AvgIpc) is 2.78. The molecule has 34 heavy (non-hydrogen) atoms. The van der Waals surface area contributed by atoms with Gasteiger partial charge < -0.3 is 9.84 Å². The van der Waals surface area contributed by atoms with E-state index < -0.39 is 33.8 Å². The molecule has 0 atom stereocenters. The molecule has 0 aliphatic heterocycles. The van der Waals surface area contributed by atoms with Crippen LogP contribution in [0.15, 0.2) is 77.7 Å². The third kappa shape index (κ3) is 5.51. The Bertz CT molecular complexity index is 1260. The van der Waals surface area contributed by atoms with Crippen LogP contribution in [0, 0.1) is 0 Å². The largest absolute Gasteiger partial charge is 0.487 e. The van der Waals surface area contributed by atoms with Gasteiger partial charge >= 0.3 is 12.1 Å². The molecular weight excluding hydrogens is 471 g/mol. The Morgan fingerprint density at radius 2 is 1.62 bits per heavy atom. The van der Waals surface area contributed by atoms with E-state index in [0.717, 1.165) is 22.5 Å². The summed E-state index contributed by atoms with van der Waals surface area (Å²) in [5.41, 5.74) is -0.651. The number of aromatic carboxylic acids is 1. The standard InChI is InChI=1S/C24H22F3NO5S/c1-16(2)28(34(31,32)20-6-4-3-5-7-20)21-14-19(24(25,26)27)12-13-22(21)33-15-17-8-10-18(11-9-17)23(29)30/h3-14,16H,15H2,1-2H3,(H,29,30). The van der Waals surface area contributed by atoms with E-state index in [2.05, 4.69) is 0 Å². The van der Waals surface area contributed by atoms with Crippen LogP contribution in [0.5, 0.6) is 5.75 Å². The normalized spacial score (nSPS) is 11.9. The zero-order chi connectivity index (χ0) is 25.1. The third-order valence-electron chi connectivity index (χ3n) is 4.89. The quantitative estimate of drug-likeness (QED) is 0.443. The van der Waals surface area contributed by atoms with Crippen LogP contribution in [0.4, 0.5) is 18.9 Å². The molecule has 10 heteroatoms. The molecule has 0 aromatic heterocycles. The molecule has 0 aliphatic carbocycles. The van der Waals surface area contributed by atoms with Crippen LogP contribution in [0.3, 0.4) is 0 Å². The van der Waals surface area contributed by atoms with E-state index in [0.29, 0.717) is 5.56 Å². The number of carbonyl (C=O) groups is 1. The van der Waals surface area contributed by atoms with E-state index in [4.69, 9.17) is 9.84 Å². The first kappa shape index (κ1) is 25.1. The summed E-state index contributed by atoms with van der Waals surface area (Å²) in [6.07, 6.45) is -4.70. The maximum Gasteiger partial charge on any atom is 0.416 e. The average molecular weight is 494 g/mol. The number of benzene rings is 3. The molecule has 0 unspecified atom stereocenters. The molecular formula is C24H22F3NO5S. The number of nitrogens with zero attached hydrogens (tertiary/aromatic N) is 1. The molecule has 1 N–H and O–H groups in total. The van der Waals surface area contributed by atoms with Crippen LogP contribution < -0.4 is 9.04 Å². The molecule has 0 amide bonds. The van der Waals surface area contributed by atoms with Crippen molar-refractivity contribution < 1.29 is 36.2 Å². The van der Waals surface area contributed by atoms with Gasteiger partial charge in [-0.25, -0.2) is 13.2 Å². The highest BCUT2D eigenvalue weighted by atomic mass is 32.2. The lowest BCUT2D eigenvalue weighted by atomic mass is 10.1. The van der Waals surface area contributed by atoms with Gasteiger partial charge in [-0.15, -0.1) is 0 Å². The molecule has 0 heterocycles. The molecule has 0 fully saturated rings. The fourth-order valence-corrected chi connectivity index (χ4v) is 4.97. The summed E-state index contributed by atoms with van der Waals surface area (Å²) in [7, 11) is -4.22. The van der Waals surface area contributed by atoms with Gasteiger partial charge in [0, 0.05) is 6.04 Å². The summed E-state index contributed by atoms with van der Waals surface area (Å²) in [4.78, 5) is 10.9. The third-order valence-corrected chi connectivity index (χ3v) is 6.89. The Morgan fingerprint density at radius 3 is 2.15 bits per heavy atom. The van der Waals surface area contributed by atoms with Crippen LogP contribution in [0.2, 0.25) is 0 Å². The molecule has 0 bridgehead atoms. The summed E-state index contributed by atoms with van der Waals surface area (Å²) in [5.74, 6) is -1.17. The van der Waals surface area contributed by atoms with Crippen LogP contribution in [0.1, 0.15) is 35.3 Å². The van der Waals surface area contributed by atoms with Crippen molar-refractivity contribution in [3.05, 3.63) is 89.5 Å². The summed E-state index contributed by atoms with van der Waals surface area (Å²) in [6.45, 7) is 2.99. The molecule has 180 valence electrons. The number of hydrogen-bond donors (Lipinski definition) is 1. The van der Waals surface area contributed by atoms with E-state index in [1.807, 2.05) is 0 Å². The number of anilines is 1. The summed E-state index contributed by atoms with van der Waals surface area (Å²) < 4.78 is 73.9. The van der Waals surface area contributed by atoms with E-state index in [9.17, 15) is 26.4 Å². The van der Waals surface area contributed by atoms with E-state index >= 15 is 0 Å². The number of halogens is 3. The number of rotatable bonds is 8. The second-order valence-corrected chi connectivity index (χ2v) is 9.49. The van der Waals surface area contributed by atoms with Gasteiger partial charge in [-0.1, -0.05) is 30.3 Å². The van der Waals surface area contributed by atoms with Gasteiger partial charge in [0.25, 0.3) is 10.0 Å². The lowest BCUT2D eigenvalue weighted by Crippen LogP contribution is -2.37. The summed E-state index contributed by atoms with van der Waals surface area (Å²) >= 11 is 0. The van der Waals surface area contributed by atoms with Crippen molar-refractivity contribution in [1.29, 1.82) is 0 Å². The first-order chi connectivity index (χ1) is 15.9. The summed E-state index contributed by atoms with van der Waals surface area (Å²) in [5, 5.41) is 9.01. The minimum Gasteiger partial charge on any atom is -0.487 e. The first-order valence-electron chi connectivity index (χ1n) is 10.2. The minimum absolute atomic E-state index is 0.0662. The highest BCUT2D eigenvalue weighted by Gasteiger charge is 2.35. The zero-order valence-corrected chi connectivity index (χ0v) is 19.1. The van der Waals surface area contributed by atoms with Crippen LogP contribution in [-0.4, -0.2) is 25.5 Å². The topological polar surface area (TPSA) is 83.9 Å². The Morgan fingerprint density at radius 1 is 1.00 bits per heavy atom. The van der Waals surface area contributed by atoms with Gasteiger partial charge in [-0.3, -0.25) is 4.31 Å². The maximum atomic E-state index is 13.5. The van der Waals surface area contributed by atoms with Crippen molar-refractivity contribution in [3.8, 4) is 5.75 Å². The van der Waals surface area contributed by atoms with Crippen molar-refractivity contribution in [2.24, 2.45) is 0 Å². The van der Waals surface area contributed by atoms with Crippen molar-refractivity contribution in [2.75, 3.05) is 4.31 Å². The smallest absolute Gasteiger partial charge is 0.416 e. The highest BCUT2D eigenvalue weighted by molar-refractivity contribution is 7.92. The first-order valence-corrected chi connectivity index (χ1v) is 11.6. The molecule has 0 spiro atoms. The second-order valence-electron chi connectivity index (χ2n) is 7.68. The van der Waals surface area contributed by atoms with Crippen molar-refractivity contribution in [2.45, 2.75) is 37.6 Å². The van der Waals surface area contributed by atoms with Gasteiger partial charge in [0.1, 0.15) is 12.4 Å². The van der Waals surface area contributed by atoms with Gasteiger partial charge in [-0.05, 0) is 61.9 Å². The number of carboxylic acid groups (broad SMARTS) is 1. The van der Waals surface area contributed by atoms with Gasteiger partial charge in [0.05, 0.1) is 21.7 Å². The number of ether oxygens (including phenoxy) is 1. The Balaban J connectivity index is 2.06. The van der Waals surface area contributed by atoms with Gasteiger partial charge in [0.15, 0.2) is 0 Å². The number of alkyl halides is 3. The lowest BCUT2D eigenvalue weighted by Gasteiger charge is -2.30. The van der Waals surface area contributed by atoms with Gasteiger partial charge in [0.2, 0.25) is 0 Å². The Hall–Kier alpha value is -3.53. The monoisotopic (exact) mass is 493 g/mol. The molecule has 6 nitrogen and oxygen atoms in total. The van der Waals surface area contributed by atoms with E-state index in [-0.39, 0.29) is 28.5 Å². The number of carboxylic acids is 1. The molecule has 3 rings (SSSR count). The number of sulfonamides is 1. The van der Waals surface area contributed by atoms with Gasteiger partial charge in [-0.2, -0.15) is 13.2 Å². The molecule has 3 aromatic carbocycles. The minimum atomic E-state index is -4.70. The SMILES string of the molecule is CC(C)N(c1cc(C(F)(F)F)ccc1OCc1ccc(C(=O)O)cc1)S(=O)(=O)c1ccccc1. The maximum absolute atomic E-state index is 13.5. The predicted molar refractivity (Wildman–Crippen MR) is 120 cm³/mol. The second kappa shape index (κ2) is 9.76. The molecule has 3 aromatic rings. The highest BCUT2D eigenvalue weighted by Crippen LogP contribution is 2.40. The lowest BCUT2D eigenvalue weighted by molar-refractivity contribution is -0.137. The predicted octanol–water partition coefficient (Wildman–Crippen LogP) is 5.59. The van der Waals surface area contributed by atoms with Crippen molar-refractivity contribution >= 4 is 21.7 Å². The zero-order valence-electron chi connectivity index (χ0n) is 18.3. The van der Waals surface area contributed by atoms with Crippen LogP contribution >= 0.6 is 0 Å². The molecule has 0 saturated heterocycles. The Kier molecular flexibility index (Phi) is 7.21. The van der Waals surface area contributed by atoms with E-state index in [1.54, 1.807) is 19.9 Å². The number of hydrogen-bond acceptors (Lipinski definition) is 4. The molecule has 0 saturated carbocycles. The molecule has 0 radical (unpaired) electrons. The van der Waals surface area contributed by atoms with Crippen molar-refractivity contribution in [3.63, 3.8) is 0 Å². The fraction of sp³-hybridized carbons (Fsp3) is 0.208. The van der Waals surface area contributed by atoms with Crippen LogP contribution in [0.25, 0.3) is 0 Å². The summed E-state index contributed by atoms with van der Waals surface area (Å²) in [6, 6.07) is 15.1. The fourth-order valence-electron chi connectivity index (χ4n) is 3.28. The van der Waals surface area contributed by atoms with Crippen LogP contribution in [-0.2, 0) is 22.8 Å². The van der Waals surface area contributed by atoms with Crippen molar-refractivity contribution in [1.82, 2.24) is 0 Å². The Labute approximate surface area is 195 Å². The van der Waals surface area contributed by atoms with E-state index in [1.165, 1.54) is 48.5 Å².